The molecule has 1 aliphatic heterocycles. The van der Waals surface area contributed by atoms with Crippen LogP contribution in [0.3, 0.4) is 0 Å². The van der Waals surface area contributed by atoms with Crippen molar-refractivity contribution in [3.63, 3.8) is 0 Å². The van der Waals surface area contributed by atoms with Crippen LogP contribution in [0.1, 0.15) is 90.8 Å². The van der Waals surface area contributed by atoms with E-state index in [4.69, 9.17) is 23.7 Å². The van der Waals surface area contributed by atoms with Crippen LogP contribution >= 0.6 is 0 Å². The molecule has 0 bridgehead atoms. The molecule has 1 saturated heterocycles. The van der Waals surface area contributed by atoms with E-state index >= 15 is 8.78 Å². The van der Waals surface area contributed by atoms with Crippen molar-refractivity contribution >= 4 is 0 Å². The van der Waals surface area contributed by atoms with Gasteiger partial charge in [-0.2, -0.15) is 0 Å². The second-order valence-electron chi connectivity index (χ2n) is 9.58. The van der Waals surface area contributed by atoms with Crippen molar-refractivity contribution in [3.8, 4) is 0 Å². The van der Waals surface area contributed by atoms with Crippen LogP contribution in [0.25, 0.3) is 0 Å². The number of ether oxygens (including phenoxy) is 5. The largest absolute Gasteiger partial charge is 0.379 e. The Morgan fingerprint density at radius 1 is 0.778 bits per heavy atom. The van der Waals surface area contributed by atoms with E-state index in [1.54, 1.807) is 30.3 Å². The fourth-order valence-electron chi connectivity index (χ4n) is 4.28. The maximum Gasteiger partial charge on any atom is 0.274 e. The number of rotatable bonds is 19. The summed E-state index contributed by atoms with van der Waals surface area (Å²) in [6.45, 7) is 10.0. The molecule has 2 unspecified atom stereocenters. The van der Waals surface area contributed by atoms with Crippen molar-refractivity contribution in [2.75, 3.05) is 33.0 Å². The second-order valence-corrected chi connectivity index (χ2v) is 9.58. The first kappa shape index (κ1) is 31.1. The number of alkyl halides is 2. The van der Waals surface area contributed by atoms with Crippen molar-refractivity contribution in [2.24, 2.45) is 0 Å². The van der Waals surface area contributed by atoms with Crippen molar-refractivity contribution in [2.45, 2.75) is 116 Å². The SMILES string of the molecule is CCCCOC[C@H]1OC(F)(C(F)c2ccccc2)[C@H](OCCCC)[C@@H](OCCCC)[C@@H]1OCCCC. The third kappa shape index (κ3) is 9.02. The van der Waals surface area contributed by atoms with Gasteiger partial charge in [0.05, 0.1) is 6.61 Å². The highest BCUT2D eigenvalue weighted by atomic mass is 19.2. The summed E-state index contributed by atoms with van der Waals surface area (Å²) in [6.07, 6.45) is 1.35. The van der Waals surface area contributed by atoms with Gasteiger partial charge in [-0.25, -0.2) is 8.78 Å². The second kappa shape index (κ2) is 17.4. The van der Waals surface area contributed by atoms with E-state index in [9.17, 15) is 0 Å². The summed E-state index contributed by atoms with van der Waals surface area (Å²) >= 11 is 0. The molecule has 0 saturated carbocycles. The van der Waals surface area contributed by atoms with Gasteiger partial charge in [0, 0.05) is 26.4 Å². The van der Waals surface area contributed by atoms with E-state index in [0.29, 0.717) is 19.8 Å². The molecule has 1 fully saturated rings. The molecule has 0 aliphatic carbocycles. The Morgan fingerprint density at radius 3 is 1.89 bits per heavy atom. The molecule has 7 heteroatoms. The molecule has 0 spiro atoms. The van der Waals surface area contributed by atoms with Gasteiger partial charge in [0.15, 0.2) is 6.17 Å². The fraction of sp³-hybridized carbons (Fsp3) is 0.793. The minimum absolute atomic E-state index is 0.0965. The first-order valence-corrected chi connectivity index (χ1v) is 14.0. The number of hydrogen-bond acceptors (Lipinski definition) is 5. The standard InChI is InChI=1S/C29H48F2O5/c1-5-9-18-32-22-24-25(33-19-10-6-2)26(34-20-11-7-3)28(35-21-12-8-4)29(31,36-24)27(30)23-16-14-13-15-17-23/h13-17,24-28H,5-12,18-22H2,1-4H3/t24-,25-,26+,27?,28-,29?/m1/s1. The van der Waals surface area contributed by atoms with Crippen LogP contribution in [0, 0.1) is 0 Å². The molecule has 1 aromatic carbocycles. The quantitative estimate of drug-likeness (QED) is 0.184. The predicted octanol–water partition coefficient (Wildman–Crippen LogP) is 7.13. The first-order chi connectivity index (χ1) is 17.5. The van der Waals surface area contributed by atoms with Crippen molar-refractivity contribution < 1.29 is 32.5 Å². The fourth-order valence-corrected chi connectivity index (χ4v) is 4.28. The van der Waals surface area contributed by atoms with Gasteiger partial charge in [-0.05, 0) is 31.2 Å². The summed E-state index contributed by atoms with van der Waals surface area (Å²) < 4.78 is 63.5. The lowest BCUT2D eigenvalue weighted by molar-refractivity contribution is -0.358. The minimum Gasteiger partial charge on any atom is -0.379 e. The van der Waals surface area contributed by atoms with E-state index < -0.39 is 36.4 Å². The molecular formula is C29H48F2O5. The zero-order chi connectivity index (χ0) is 26.2. The summed E-state index contributed by atoms with van der Waals surface area (Å²) in [6, 6.07) is 8.30. The molecule has 1 heterocycles. The predicted molar refractivity (Wildman–Crippen MR) is 139 cm³/mol. The van der Waals surface area contributed by atoms with Crippen LogP contribution in [0.4, 0.5) is 8.78 Å². The molecule has 1 aromatic rings. The minimum atomic E-state index is -2.75. The molecule has 6 atom stereocenters. The van der Waals surface area contributed by atoms with Crippen LogP contribution in [0.2, 0.25) is 0 Å². The molecule has 0 radical (unpaired) electrons. The number of benzene rings is 1. The summed E-state index contributed by atoms with van der Waals surface area (Å²) in [5, 5.41) is 0. The maximum absolute atomic E-state index is 17.0. The molecule has 0 N–H and O–H groups in total. The summed E-state index contributed by atoms with van der Waals surface area (Å²) in [4.78, 5) is 0. The Morgan fingerprint density at radius 2 is 1.31 bits per heavy atom. The van der Waals surface area contributed by atoms with Crippen LogP contribution in [0.5, 0.6) is 0 Å². The van der Waals surface area contributed by atoms with E-state index in [1.807, 2.05) is 6.92 Å². The lowest BCUT2D eigenvalue weighted by Gasteiger charge is -2.50. The number of hydrogen-bond donors (Lipinski definition) is 0. The van der Waals surface area contributed by atoms with E-state index in [0.717, 1.165) is 51.4 Å². The Labute approximate surface area is 217 Å². The number of halogens is 2. The van der Waals surface area contributed by atoms with Gasteiger partial charge in [-0.1, -0.05) is 83.7 Å². The summed E-state index contributed by atoms with van der Waals surface area (Å²) in [5.74, 6) is -2.75. The molecule has 1 aliphatic rings. The highest BCUT2D eigenvalue weighted by Gasteiger charge is 2.62. The van der Waals surface area contributed by atoms with Gasteiger partial charge < -0.3 is 23.7 Å². The zero-order valence-electron chi connectivity index (χ0n) is 22.8. The highest BCUT2D eigenvalue weighted by Crippen LogP contribution is 2.46. The molecule has 36 heavy (non-hydrogen) atoms. The molecule has 2 rings (SSSR count). The number of unbranched alkanes of at least 4 members (excludes halogenated alkanes) is 4. The average molecular weight is 515 g/mol. The average Bonchev–Trinajstić information content (AvgIpc) is 2.89. The molecule has 5 nitrogen and oxygen atoms in total. The Bertz CT molecular complexity index is 679. The molecule has 208 valence electrons. The third-order valence-electron chi connectivity index (χ3n) is 6.48. The highest BCUT2D eigenvalue weighted by molar-refractivity contribution is 5.21. The van der Waals surface area contributed by atoms with E-state index in [-0.39, 0.29) is 18.8 Å². The Hall–Kier alpha value is -1.12. The van der Waals surface area contributed by atoms with Gasteiger partial charge in [-0.3, -0.25) is 0 Å². The third-order valence-corrected chi connectivity index (χ3v) is 6.48. The first-order valence-electron chi connectivity index (χ1n) is 14.0. The maximum atomic E-state index is 17.0. The zero-order valence-corrected chi connectivity index (χ0v) is 22.8. The van der Waals surface area contributed by atoms with Gasteiger partial charge in [-0.15, -0.1) is 0 Å². The van der Waals surface area contributed by atoms with Crippen LogP contribution in [0.15, 0.2) is 30.3 Å². The lowest BCUT2D eigenvalue weighted by Crippen LogP contribution is -2.67. The monoisotopic (exact) mass is 514 g/mol. The van der Waals surface area contributed by atoms with Gasteiger partial charge >= 0.3 is 0 Å². The van der Waals surface area contributed by atoms with Crippen LogP contribution in [-0.4, -0.2) is 63.3 Å². The van der Waals surface area contributed by atoms with Crippen LogP contribution in [-0.2, 0) is 23.7 Å². The molecule has 0 amide bonds. The Kier molecular flexibility index (Phi) is 15.0. The normalized spacial score (nSPS) is 27.3. The van der Waals surface area contributed by atoms with Gasteiger partial charge in [0.1, 0.15) is 24.4 Å². The molecule has 0 aromatic heterocycles. The van der Waals surface area contributed by atoms with Crippen molar-refractivity contribution in [3.05, 3.63) is 35.9 Å². The van der Waals surface area contributed by atoms with Crippen LogP contribution < -0.4 is 0 Å². The molecular weight excluding hydrogens is 466 g/mol. The van der Waals surface area contributed by atoms with Crippen molar-refractivity contribution in [1.29, 1.82) is 0 Å². The van der Waals surface area contributed by atoms with Gasteiger partial charge in [0.2, 0.25) is 0 Å². The Balaban J connectivity index is 2.44. The van der Waals surface area contributed by atoms with E-state index in [2.05, 4.69) is 20.8 Å². The summed E-state index contributed by atoms with van der Waals surface area (Å²) in [5.41, 5.74) is 0.201. The van der Waals surface area contributed by atoms with E-state index in [1.165, 1.54) is 0 Å². The van der Waals surface area contributed by atoms with Crippen molar-refractivity contribution in [1.82, 2.24) is 0 Å². The summed E-state index contributed by atoms with van der Waals surface area (Å²) in [7, 11) is 0. The smallest absolute Gasteiger partial charge is 0.274 e. The topological polar surface area (TPSA) is 46.2 Å². The lowest BCUT2D eigenvalue weighted by atomic mass is 9.87. The van der Waals surface area contributed by atoms with Gasteiger partial charge in [0.25, 0.3) is 5.85 Å².